The van der Waals surface area contributed by atoms with Gasteiger partial charge in [0, 0.05) is 0 Å². The van der Waals surface area contributed by atoms with Gasteiger partial charge in [0.15, 0.2) is 0 Å². The zero-order valence-corrected chi connectivity index (χ0v) is 17.5. The van der Waals surface area contributed by atoms with Crippen LogP contribution in [0.1, 0.15) is 20.7 Å². The molecule has 2 aromatic carbocycles. The van der Waals surface area contributed by atoms with E-state index in [1.807, 2.05) is 0 Å². The van der Waals surface area contributed by atoms with Crippen LogP contribution >= 0.6 is 0 Å². The minimum Gasteiger partial charge on any atom is -0.545 e. The van der Waals surface area contributed by atoms with Gasteiger partial charge in [-0.05, 0) is 22.3 Å². The summed E-state index contributed by atoms with van der Waals surface area (Å²) in [5.74, 6) is -2.46. The standard InChI is InChI=1S/C14H10O4.2K/c15-13(16)11-5-1-9(2-6-11)10-3-7-12(8-4-10)14(17)18;;/h1-8H,(H,15,16)(H,17,18);;/q;2*+1/p-2. The number of aromatic carboxylic acids is 2. The van der Waals surface area contributed by atoms with Crippen molar-refractivity contribution in [2.45, 2.75) is 0 Å². The third-order valence-electron chi connectivity index (χ3n) is 2.57. The number of benzene rings is 2. The third-order valence-corrected chi connectivity index (χ3v) is 2.57. The first-order valence-electron chi connectivity index (χ1n) is 5.21. The van der Waals surface area contributed by atoms with Gasteiger partial charge in [-0.1, -0.05) is 48.5 Å². The van der Waals surface area contributed by atoms with E-state index in [9.17, 15) is 19.8 Å². The number of hydrogen-bond acceptors (Lipinski definition) is 4. The molecule has 0 spiro atoms. The fraction of sp³-hybridized carbons (Fsp3) is 0. The van der Waals surface area contributed by atoms with Crippen LogP contribution in [0.15, 0.2) is 48.5 Å². The van der Waals surface area contributed by atoms with E-state index in [4.69, 9.17) is 0 Å². The quantitative estimate of drug-likeness (QED) is 0.528. The molecule has 0 fully saturated rings. The molecule has 6 heteroatoms. The summed E-state index contributed by atoms with van der Waals surface area (Å²) in [4.78, 5) is 21.2. The van der Waals surface area contributed by atoms with E-state index in [1.165, 1.54) is 24.3 Å². The first kappa shape index (κ1) is 20.7. The summed E-state index contributed by atoms with van der Waals surface area (Å²) in [6.07, 6.45) is 0. The maximum Gasteiger partial charge on any atom is 1.00 e. The fourth-order valence-corrected chi connectivity index (χ4v) is 1.60. The molecule has 0 saturated heterocycles. The number of rotatable bonds is 3. The largest absolute Gasteiger partial charge is 1.00 e. The summed E-state index contributed by atoms with van der Waals surface area (Å²) >= 11 is 0. The summed E-state index contributed by atoms with van der Waals surface area (Å²) in [5.41, 5.74) is 1.80. The Morgan fingerprint density at radius 3 is 1.05 bits per heavy atom. The molecular weight excluding hydrogens is 310 g/mol. The minimum atomic E-state index is -1.23. The van der Waals surface area contributed by atoms with Crippen molar-refractivity contribution in [3.8, 4) is 11.1 Å². The van der Waals surface area contributed by atoms with E-state index in [1.54, 1.807) is 24.3 Å². The summed E-state index contributed by atoms with van der Waals surface area (Å²) < 4.78 is 0. The summed E-state index contributed by atoms with van der Waals surface area (Å²) in [6.45, 7) is 0. The van der Waals surface area contributed by atoms with Crippen molar-refractivity contribution in [2.24, 2.45) is 0 Å². The van der Waals surface area contributed by atoms with Gasteiger partial charge in [-0.3, -0.25) is 0 Å². The number of carbonyl (C=O) groups excluding carboxylic acids is 2. The molecule has 2 rings (SSSR count). The zero-order valence-electron chi connectivity index (χ0n) is 11.3. The van der Waals surface area contributed by atoms with Gasteiger partial charge in [-0.15, -0.1) is 0 Å². The van der Waals surface area contributed by atoms with Crippen LogP contribution in [-0.2, 0) is 0 Å². The maximum absolute atomic E-state index is 10.6. The predicted molar refractivity (Wildman–Crippen MR) is 60.5 cm³/mol. The molecule has 0 unspecified atom stereocenters. The number of carboxylic acids is 2. The molecule has 0 radical (unpaired) electrons. The Hall–Kier alpha value is 0.653. The van der Waals surface area contributed by atoms with E-state index in [0.717, 1.165) is 11.1 Å². The van der Waals surface area contributed by atoms with Crippen molar-refractivity contribution in [1.29, 1.82) is 0 Å². The number of carbonyl (C=O) groups is 2. The summed E-state index contributed by atoms with van der Waals surface area (Å²) in [5, 5.41) is 21.2. The zero-order chi connectivity index (χ0) is 13.1. The molecule has 0 aliphatic rings. The molecule has 0 amide bonds. The van der Waals surface area contributed by atoms with Gasteiger partial charge in [-0.2, -0.15) is 0 Å². The van der Waals surface area contributed by atoms with Crippen LogP contribution in [0.2, 0.25) is 0 Å². The topological polar surface area (TPSA) is 80.3 Å². The van der Waals surface area contributed by atoms with E-state index in [0.29, 0.717) is 0 Å². The minimum absolute atomic E-state index is 0. The van der Waals surface area contributed by atoms with Crippen LogP contribution in [-0.4, -0.2) is 11.9 Å². The van der Waals surface area contributed by atoms with Crippen molar-refractivity contribution < 1.29 is 123 Å². The Balaban J connectivity index is 0.00000180. The van der Waals surface area contributed by atoms with E-state index in [-0.39, 0.29) is 114 Å². The average molecular weight is 318 g/mol. The van der Waals surface area contributed by atoms with Gasteiger partial charge in [0.1, 0.15) is 0 Å². The third kappa shape index (κ3) is 5.45. The molecule has 90 valence electrons. The van der Waals surface area contributed by atoms with Crippen LogP contribution < -0.4 is 113 Å². The van der Waals surface area contributed by atoms with Gasteiger partial charge < -0.3 is 19.8 Å². The first-order chi connectivity index (χ1) is 8.58. The normalized spacial score (nSPS) is 9.00. The molecule has 0 aromatic heterocycles. The molecule has 0 aliphatic heterocycles. The first-order valence-corrected chi connectivity index (χ1v) is 5.21. The van der Waals surface area contributed by atoms with Crippen molar-refractivity contribution in [2.75, 3.05) is 0 Å². The Kier molecular flexibility index (Phi) is 9.94. The van der Waals surface area contributed by atoms with Gasteiger partial charge in [0.2, 0.25) is 0 Å². The van der Waals surface area contributed by atoms with E-state index >= 15 is 0 Å². The monoisotopic (exact) mass is 318 g/mol. The molecular formula is C14H8K2O4. The summed E-state index contributed by atoms with van der Waals surface area (Å²) in [7, 11) is 0. The summed E-state index contributed by atoms with van der Waals surface area (Å²) in [6, 6.07) is 12.3. The van der Waals surface area contributed by atoms with Gasteiger partial charge >= 0.3 is 103 Å². The molecule has 0 aliphatic carbocycles. The van der Waals surface area contributed by atoms with Gasteiger partial charge in [-0.25, -0.2) is 0 Å². The van der Waals surface area contributed by atoms with Crippen LogP contribution in [0.4, 0.5) is 0 Å². The molecule has 0 atom stereocenters. The fourth-order valence-electron chi connectivity index (χ4n) is 1.60. The van der Waals surface area contributed by atoms with Crippen LogP contribution in [0.25, 0.3) is 11.1 Å². The molecule has 4 nitrogen and oxygen atoms in total. The Bertz CT molecular complexity index is 536. The maximum atomic E-state index is 10.6. The van der Waals surface area contributed by atoms with Gasteiger partial charge in [0.25, 0.3) is 0 Å². The van der Waals surface area contributed by atoms with Crippen LogP contribution in [0.5, 0.6) is 0 Å². The smallest absolute Gasteiger partial charge is 0.545 e. The van der Waals surface area contributed by atoms with Crippen molar-refractivity contribution in [1.82, 2.24) is 0 Å². The molecule has 0 saturated carbocycles. The van der Waals surface area contributed by atoms with Crippen LogP contribution in [0.3, 0.4) is 0 Å². The van der Waals surface area contributed by atoms with Crippen molar-refractivity contribution >= 4 is 11.9 Å². The van der Waals surface area contributed by atoms with E-state index in [2.05, 4.69) is 0 Å². The van der Waals surface area contributed by atoms with Gasteiger partial charge in [0.05, 0.1) is 11.9 Å². The number of hydrogen-bond donors (Lipinski definition) is 0. The van der Waals surface area contributed by atoms with Crippen molar-refractivity contribution in [3.05, 3.63) is 59.7 Å². The second kappa shape index (κ2) is 9.63. The average Bonchev–Trinajstić information content (AvgIpc) is 2.39. The molecule has 0 N–H and O–H groups in total. The second-order valence-corrected chi connectivity index (χ2v) is 3.73. The van der Waals surface area contributed by atoms with E-state index < -0.39 is 11.9 Å². The second-order valence-electron chi connectivity index (χ2n) is 3.73. The molecule has 0 bridgehead atoms. The number of carboxylic acid groups (broad SMARTS) is 2. The molecule has 2 aromatic rings. The molecule has 20 heavy (non-hydrogen) atoms. The van der Waals surface area contributed by atoms with Crippen LogP contribution in [0, 0.1) is 0 Å². The SMILES string of the molecule is O=C([O-])c1ccc(-c2ccc(C(=O)[O-])cc2)cc1.[K+].[K+]. The predicted octanol–water partition coefficient (Wildman–Crippen LogP) is -5.91. The Morgan fingerprint density at radius 1 is 0.600 bits per heavy atom. The Morgan fingerprint density at radius 2 is 0.850 bits per heavy atom. The van der Waals surface area contributed by atoms with Crippen molar-refractivity contribution in [3.63, 3.8) is 0 Å². The Labute approximate surface area is 201 Å². The molecule has 0 heterocycles.